The molecule has 0 aliphatic carbocycles. The Bertz CT molecular complexity index is 1350. The largest absolute Gasteiger partial charge is 0.493 e. The molecule has 186 valence electrons. The second-order valence-corrected chi connectivity index (χ2v) is 10.0. The molecule has 0 radical (unpaired) electrons. The van der Waals surface area contributed by atoms with Crippen LogP contribution in [0.15, 0.2) is 64.5 Å². The molecular formula is C28H30N4O3S. The minimum atomic E-state index is -0.111. The summed E-state index contributed by atoms with van der Waals surface area (Å²) >= 11 is 1.16. The van der Waals surface area contributed by atoms with Gasteiger partial charge in [-0.3, -0.25) is 9.79 Å². The van der Waals surface area contributed by atoms with Gasteiger partial charge in [0.2, 0.25) is 0 Å². The van der Waals surface area contributed by atoms with E-state index in [-0.39, 0.29) is 5.24 Å². The summed E-state index contributed by atoms with van der Waals surface area (Å²) < 4.78 is 11.9. The van der Waals surface area contributed by atoms with Gasteiger partial charge in [-0.25, -0.2) is 0 Å². The van der Waals surface area contributed by atoms with Gasteiger partial charge in [-0.15, -0.1) is 0 Å². The number of nitrogens with zero attached hydrogens (tertiary/aromatic N) is 2. The van der Waals surface area contributed by atoms with Crippen molar-refractivity contribution in [2.45, 2.75) is 25.3 Å². The number of thioether (sulfide) groups is 1. The Kier molecular flexibility index (Phi) is 7.16. The van der Waals surface area contributed by atoms with Crippen LogP contribution in [0.4, 0.5) is 10.5 Å². The number of amides is 1. The maximum Gasteiger partial charge on any atom is 0.289 e. The second kappa shape index (κ2) is 10.6. The Hall–Kier alpha value is -3.49. The summed E-state index contributed by atoms with van der Waals surface area (Å²) in [7, 11) is 3.78. The van der Waals surface area contributed by atoms with Crippen molar-refractivity contribution in [1.82, 2.24) is 10.2 Å². The standard InChI is InChI=1S/C28H30N4O3S/c1-32-15-5-6-19(32)13-14-30-27-26(36-28(33)31-27)17-18-9-11-24(25(16-18)34-2)35-23-12-10-22(29)20-7-3-4-8-21(20)23/h3-4,7-12,16-17,19H,5-6,13-15,29H2,1-2H3,(H,30,31,33)/b26-17-. The lowest BCUT2D eigenvalue weighted by atomic mass is 10.1. The highest BCUT2D eigenvalue weighted by Gasteiger charge is 2.24. The fraction of sp³-hybridized carbons (Fsp3) is 0.286. The summed E-state index contributed by atoms with van der Waals surface area (Å²) in [5, 5.41) is 4.64. The molecule has 1 amide bonds. The van der Waals surface area contributed by atoms with E-state index in [0.29, 0.717) is 41.4 Å². The number of nitrogens with one attached hydrogen (secondary N) is 1. The van der Waals surface area contributed by atoms with E-state index in [4.69, 9.17) is 20.2 Å². The number of carbonyl (C=O) groups excluding carboxylic acids is 1. The first kappa shape index (κ1) is 24.2. The van der Waals surface area contributed by atoms with E-state index in [0.717, 1.165) is 46.0 Å². The number of aliphatic imine (C=N–C) groups is 1. The summed E-state index contributed by atoms with van der Waals surface area (Å²) in [4.78, 5) is 20.0. The maximum absolute atomic E-state index is 12.1. The number of fused-ring (bicyclic) bond motifs is 1. The van der Waals surface area contributed by atoms with Crippen molar-refractivity contribution in [3.05, 3.63) is 65.1 Å². The van der Waals surface area contributed by atoms with Gasteiger partial charge < -0.3 is 25.4 Å². The van der Waals surface area contributed by atoms with Crippen LogP contribution < -0.4 is 20.5 Å². The van der Waals surface area contributed by atoms with Gasteiger partial charge in [0.25, 0.3) is 5.24 Å². The van der Waals surface area contributed by atoms with Gasteiger partial charge in [0.05, 0.1) is 12.0 Å². The summed E-state index contributed by atoms with van der Waals surface area (Å²) in [6.45, 7) is 1.84. The molecule has 0 spiro atoms. The fourth-order valence-electron chi connectivity index (χ4n) is 4.73. The summed E-state index contributed by atoms with van der Waals surface area (Å²) in [5.74, 6) is 2.53. The molecule has 7 nitrogen and oxygen atoms in total. The van der Waals surface area contributed by atoms with Crippen LogP contribution in [0.1, 0.15) is 24.8 Å². The maximum atomic E-state index is 12.1. The smallest absolute Gasteiger partial charge is 0.289 e. The predicted octanol–water partition coefficient (Wildman–Crippen LogP) is 5.90. The zero-order valence-corrected chi connectivity index (χ0v) is 21.3. The molecule has 5 rings (SSSR count). The van der Waals surface area contributed by atoms with Crippen LogP contribution in [0, 0.1) is 0 Å². The van der Waals surface area contributed by atoms with E-state index in [1.165, 1.54) is 12.8 Å². The van der Waals surface area contributed by atoms with Crippen LogP contribution in [0.25, 0.3) is 16.8 Å². The predicted molar refractivity (Wildman–Crippen MR) is 148 cm³/mol. The number of ether oxygens (including phenoxy) is 2. The number of methoxy groups -OCH3 is 1. The van der Waals surface area contributed by atoms with Crippen molar-refractivity contribution in [2.75, 3.05) is 33.0 Å². The zero-order chi connectivity index (χ0) is 25.1. The molecule has 3 N–H and O–H groups in total. The van der Waals surface area contributed by atoms with Crippen molar-refractivity contribution >= 4 is 45.4 Å². The Morgan fingerprint density at radius 1 is 1.14 bits per heavy atom. The number of nitrogens with two attached hydrogens (primary N) is 1. The molecule has 36 heavy (non-hydrogen) atoms. The van der Waals surface area contributed by atoms with Gasteiger partial charge >= 0.3 is 0 Å². The van der Waals surface area contributed by atoms with Crippen LogP contribution >= 0.6 is 11.8 Å². The van der Waals surface area contributed by atoms with Gasteiger partial charge in [-0.05, 0) is 80.5 Å². The summed E-state index contributed by atoms with van der Waals surface area (Å²) in [5.41, 5.74) is 7.73. The molecular weight excluding hydrogens is 472 g/mol. The van der Waals surface area contributed by atoms with Gasteiger partial charge in [0, 0.05) is 29.0 Å². The molecule has 0 bridgehead atoms. The number of carbonyl (C=O) groups is 1. The Morgan fingerprint density at radius 2 is 1.94 bits per heavy atom. The average molecular weight is 503 g/mol. The van der Waals surface area contributed by atoms with Crippen LogP contribution in [-0.4, -0.2) is 49.3 Å². The minimum Gasteiger partial charge on any atom is -0.493 e. The van der Waals surface area contributed by atoms with E-state index < -0.39 is 0 Å². The van der Waals surface area contributed by atoms with Gasteiger partial charge in [-0.2, -0.15) is 0 Å². The molecule has 2 fully saturated rings. The molecule has 2 aliphatic heterocycles. The second-order valence-electron chi connectivity index (χ2n) is 9.03. The highest BCUT2D eigenvalue weighted by atomic mass is 32.2. The first-order valence-electron chi connectivity index (χ1n) is 12.1. The van der Waals surface area contributed by atoms with Crippen LogP contribution in [0.2, 0.25) is 0 Å². The average Bonchev–Trinajstić information content (AvgIpc) is 3.45. The molecule has 3 aromatic carbocycles. The third-order valence-electron chi connectivity index (χ3n) is 6.68. The van der Waals surface area contributed by atoms with Gasteiger partial charge in [0.15, 0.2) is 11.5 Å². The van der Waals surface area contributed by atoms with Gasteiger partial charge in [-0.1, -0.05) is 30.3 Å². The third kappa shape index (κ3) is 5.20. The molecule has 1 unspecified atom stereocenters. The van der Waals surface area contributed by atoms with Crippen molar-refractivity contribution in [2.24, 2.45) is 4.99 Å². The van der Waals surface area contributed by atoms with Crippen molar-refractivity contribution in [3.63, 3.8) is 0 Å². The first-order valence-corrected chi connectivity index (χ1v) is 12.9. The van der Waals surface area contributed by atoms with E-state index in [1.54, 1.807) is 7.11 Å². The quantitative estimate of drug-likeness (QED) is 0.391. The number of anilines is 1. The number of likely N-dealkylation sites (tertiary alicyclic amines) is 1. The Balaban J connectivity index is 1.36. The van der Waals surface area contributed by atoms with Crippen molar-refractivity contribution in [3.8, 4) is 17.2 Å². The number of hydrogen-bond donors (Lipinski definition) is 2. The number of nitrogen functional groups attached to an aromatic ring is 1. The highest BCUT2D eigenvalue weighted by Crippen LogP contribution is 2.38. The van der Waals surface area contributed by atoms with Crippen LogP contribution in [0.5, 0.6) is 17.2 Å². The lowest BCUT2D eigenvalue weighted by molar-refractivity contribution is 0.265. The molecule has 0 aromatic heterocycles. The molecule has 2 saturated heterocycles. The van der Waals surface area contributed by atoms with E-state index >= 15 is 0 Å². The lowest BCUT2D eigenvalue weighted by Crippen LogP contribution is -2.26. The first-order chi connectivity index (χ1) is 17.5. The molecule has 2 heterocycles. The highest BCUT2D eigenvalue weighted by molar-refractivity contribution is 8.18. The van der Waals surface area contributed by atoms with Crippen molar-refractivity contribution in [1.29, 1.82) is 0 Å². The Morgan fingerprint density at radius 3 is 2.72 bits per heavy atom. The van der Waals surface area contributed by atoms with E-state index in [1.807, 2.05) is 60.7 Å². The third-order valence-corrected chi connectivity index (χ3v) is 7.50. The number of amidine groups is 1. The SMILES string of the molecule is COc1cc(/C=C2\SC(=O)NC2=NCCC2CCCN2C)ccc1Oc1ccc(N)c2ccccc12. The minimum absolute atomic E-state index is 0.111. The normalized spacial score (nSPS) is 20.4. The van der Waals surface area contributed by atoms with Crippen LogP contribution in [-0.2, 0) is 0 Å². The topological polar surface area (TPSA) is 89.2 Å². The summed E-state index contributed by atoms with van der Waals surface area (Å²) in [6, 6.07) is 17.9. The molecule has 3 aromatic rings. The van der Waals surface area contributed by atoms with E-state index in [2.05, 4.69) is 17.3 Å². The van der Waals surface area contributed by atoms with E-state index in [9.17, 15) is 4.79 Å². The van der Waals surface area contributed by atoms with Crippen LogP contribution in [0.3, 0.4) is 0 Å². The fourth-order valence-corrected chi connectivity index (χ4v) is 5.48. The van der Waals surface area contributed by atoms with Gasteiger partial charge in [0.1, 0.15) is 11.6 Å². The summed E-state index contributed by atoms with van der Waals surface area (Å²) in [6.07, 6.45) is 5.40. The molecule has 0 saturated carbocycles. The Labute approximate surface area is 215 Å². The van der Waals surface area contributed by atoms with Crippen molar-refractivity contribution < 1.29 is 14.3 Å². The monoisotopic (exact) mass is 502 g/mol. The molecule has 8 heteroatoms. The lowest BCUT2D eigenvalue weighted by Gasteiger charge is -2.18. The number of hydrogen-bond acceptors (Lipinski definition) is 7. The molecule has 2 aliphatic rings. The number of rotatable bonds is 7. The zero-order valence-electron chi connectivity index (χ0n) is 20.5. The number of benzene rings is 3. The molecule has 1 atom stereocenters.